The van der Waals surface area contributed by atoms with E-state index in [1.807, 2.05) is 0 Å². The highest BCUT2D eigenvalue weighted by molar-refractivity contribution is 6.38. The average molecular weight is 335 g/mol. The summed E-state index contributed by atoms with van der Waals surface area (Å²) in [7, 11) is 0. The Morgan fingerprint density at radius 1 is 1.00 bits per heavy atom. The summed E-state index contributed by atoms with van der Waals surface area (Å²) in [6, 6.07) is 14.0. The van der Waals surface area contributed by atoms with Crippen LogP contribution in [0, 0.1) is 0 Å². The Balaban J connectivity index is 1.74. The van der Waals surface area contributed by atoms with Gasteiger partial charge < -0.3 is 10.4 Å². The summed E-state index contributed by atoms with van der Waals surface area (Å²) < 4.78 is 0. The summed E-state index contributed by atoms with van der Waals surface area (Å²) in [6.45, 7) is 2.10. The van der Waals surface area contributed by atoms with Gasteiger partial charge in [0, 0.05) is 23.2 Å². The first kappa shape index (κ1) is 17.0. The molecule has 0 spiro atoms. The zero-order chi connectivity index (χ0) is 17.8. The van der Waals surface area contributed by atoms with Gasteiger partial charge in [0.1, 0.15) is 5.76 Å². The highest BCUT2D eigenvalue weighted by Gasteiger charge is 2.30. The van der Waals surface area contributed by atoms with Gasteiger partial charge in [-0.25, -0.2) is 0 Å². The molecule has 1 aliphatic carbocycles. The minimum absolute atomic E-state index is 0.00684. The van der Waals surface area contributed by atoms with Crippen LogP contribution in [0.15, 0.2) is 48.5 Å². The summed E-state index contributed by atoms with van der Waals surface area (Å²) >= 11 is 0. The number of fused-ring (bicyclic) bond motifs is 1. The predicted octanol–water partition coefficient (Wildman–Crippen LogP) is 4.83. The quantitative estimate of drug-likeness (QED) is 0.743. The topological polar surface area (TPSA) is 66.4 Å². The molecule has 2 aromatic carbocycles. The number of hydrogen-bond acceptors (Lipinski definition) is 3. The summed E-state index contributed by atoms with van der Waals surface area (Å²) in [5, 5.41) is 13.2. The van der Waals surface area contributed by atoms with Crippen molar-refractivity contribution in [3.05, 3.63) is 65.2 Å². The minimum atomic E-state index is -0.176. The molecule has 4 heteroatoms. The maximum Gasteiger partial charge on any atom is 0.224 e. The van der Waals surface area contributed by atoms with Crippen LogP contribution in [-0.4, -0.2) is 16.8 Å². The summed E-state index contributed by atoms with van der Waals surface area (Å²) in [5.74, 6) is -0.172. The van der Waals surface area contributed by atoms with Crippen LogP contribution in [-0.2, 0) is 4.79 Å². The number of ketones is 1. The molecule has 25 heavy (non-hydrogen) atoms. The number of hydrogen-bond donors (Lipinski definition) is 2. The Kier molecular flexibility index (Phi) is 4.98. The van der Waals surface area contributed by atoms with Crippen molar-refractivity contribution in [1.82, 2.24) is 0 Å². The fraction of sp³-hybridized carbons (Fsp3) is 0.238. The molecule has 0 unspecified atom stereocenters. The van der Waals surface area contributed by atoms with Crippen LogP contribution < -0.4 is 5.32 Å². The second-order valence-electron chi connectivity index (χ2n) is 6.18. The second-order valence-corrected chi connectivity index (χ2v) is 6.18. The molecule has 2 aromatic rings. The number of unbranched alkanes of at least 4 members (excludes halogenated alkanes) is 2. The van der Waals surface area contributed by atoms with Crippen molar-refractivity contribution in [1.29, 1.82) is 0 Å². The number of aliphatic hydroxyl groups excluding tert-OH is 1. The summed E-state index contributed by atoms with van der Waals surface area (Å²) in [6.07, 6.45) is 3.52. The van der Waals surface area contributed by atoms with E-state index in [1.165, 1.54) is 0 Å². The molecule has 3 rings (SSSR count). The second kappa shape index (κ2) is 7.34. The molecule has 0 saturated heterocycles. The average Bonchev–Trinajstić information content (AvgIpc) is 2.88. The Morgan fingerprint density at radius 3 is 2.32 bits per heavy atom. The van der Waals surface area contributed by atoms with Crippen LogP contribution in [0.5, 0.6) is 0 Å². The van der Waals surface area contributed by atoms with Crippen molar-refractivity contribution >= 4 is 28.7 Å². The third-order valence-electron chi connectivity index (χ3n) is 4.36. The standard InChI is InChI=1S/C21H21NO3/c1-2-3-4-9-18(23)22-15-12-10-14(11-13-15)19-20(24)16-7-5-6-8-17(16)21(19)25/h5-8,10-13,24H,2-4,9H2,1H3,(H,22,23). The lowest BCUT2D eigenvalue weighted by Crippen LogP contribution is -2.11. The third-order valence-corrected chi connectivity index (χ3v) is 4.36. The molecule has 2 N–H and O–H groups in total. The Labute approximate surface area is 147 Å². The Hall–Kier alpha value is -2.88. The van der Waals surface area contributed by atoms with E-state index in [0.717, 1.165) is 19.3 Å². The van der Waals surface area contributed by atoms with Gasteiger partial charge >= 0.3 is 0 Å². The lowest BCUT2D eigenvalue weighted by Gasteiger charge is -2.07. The van der Waals surface area contributed by atoms with Gasteiger partial charge in [0.25, 0.3) is 0 Å². The number of nitrogens with one attached hydrogen (secondary N) is 1. The van der Waals surface area contributed by atoms with E-state index in [1.54, 1.807) is 48.5 Å². The van der Waals surface area contributed by atoms with Crippen molar-refractivity contribution in [2.45, 2.75) is 32.6 Å². The monoisotopic (exact) mass is 335 g/mol. The Morgan fingerprint density at radius 2 is 1.68 bits per heavy atom. The number of benzene rings is 2. The molecular formula is C21H21NO3. The van der Waals surface area contributed by atoms with Crippen molar-refractivity contribution in [3.8, 4) is 0 Å². The molecule has 128 valence electrons. The molecule has 1 aliphatic rings. The lowest BCUT2D eigenvalue weighted by atomic mass is 10.0. The summed E-state index contributed by atoms with van der Waals surface area (Å²) in [4.78, 5) is 24.4. The fourth-order valence-corrected chi connectivity index (χ4v) is 3.01. The van der Waals surface area contributed by atoms with Gasteiger partial charge in [-0.3, -0.25) is 9.59 Å². The van der Waals surface area contributed by atoms with Crippen molar-refractivity contribution < 1.29 is 14.7 Å². The normalized spacial score (nSPS) is 13.1. The number of anilines is 1. The third kappa shape index (κ3) is 3.48. The number of carbonyl (C=O) groups excluding carboxylic acids is 2. The fourth-order valence-electron chi connectivity index (χ4n) is 3.01. The van der Waals surface area contributed by atoms with Crippen LogP contribution in [0.4, 0.5) is 5.69 Å². The molecular weight excluding hydrogens is 314 g/mol. The first-order chi connectivity index (χ1) is 12.1. The van der Waals surface area contributed by atoms with Gasteiger partial charge in [0.05, 0.1) is 5.57 Å². The van der Waals surface area contributed by atoms with Crippen LogP contribution in [0.1, 0.15) is 54.1 Å². The number of aliphatic hydroxyl groups is 1. The SMILES string of the molecule is CCCCCC(=O)Nc1ccc(C2=C(O)c3ccccc3C2=O)cc1. The predicted molar refractivity (Wildman–Crippen MR) is 99.4 cm³/mol. The molecule has 0 aromatic heterocycles. The van der Waals surface area contributed by atoms with Crippen LogP contribution >= 0.6 is 0 Å². The zero-order valence-electron chi connectivity index (χ0n) is 14.2. The minimum Gasteiger partial charge on any atom is -0.507 e. The van der Waals surface area contributed by atoms with Crippen molar-refractivity contribution in [3.63, 3.8) is 0 Å². The smallest absolute Gasteiger partial charge is 0.224 e. The van der Waals surface area contributed by atoms with Gasteiger partial charge in [-0.15, -0.1) is 0 Å². The number of Topliss-reactive ketones (excluding diaryl/α,β-unsaturated/α-hetero) is 1. The van der Waals surface area contributed by atoms with Gasteiger partial charge in [0.15, 0.2) is 5.78 Å². The molecule has 0 heterocycles. The maximum absolute atomic E-state index is 12.5. The van der Waals surface area contributed by atoms with E-state index in [9.17, 15) is 14.7 Å². The highest BCUT2D eigenvalue weighted by Crippen LogP contribution is 2.36. The van der Waals surface area contributed by atoms with E-state index in [4.69, 9.17) is 0 Å². The van der Waals surface area contributed by atoms with E-state index in [-0.39, 0.29) is 17.4 Å². The summed E-state index contributed by atoms with van der Waals surface area (Å²) in [5.41, 5.74) is 2.72. The number of rotatable bonds is 6. The molecule has 1 amide bonds. The number of carbonyl (C=O) groups is 2. The van der Waals surface area contributed by atoms with Gasteiger partial charge in [-0.05, 0) is 24.1 Å². The van der Waals surface area contributed by atoms with Crippen LogP contribution in [0.25, 0.3) is 11.3 Å². The molecule has 0 atom stereocenters. The Bertz CT molecular complexity index is 834. The maximum atomic E-state index is 12.5. The van der Waals surface area contributed by atoms with E-state index < -0.39 is 0 Å². The highest BCUT2D eigenvalue weighted by atomic mass is 16.3. The van der Waals surface area contributed by atoms with Gasteiger partial charge in [0.2, 0.25) is 5.91 Å². The molecule has 0 aliphatic heterocycles. The first-order valence-electron chi connectivity index (χ1n) is 8.59. The molecule has 0 bridgehead atoms. The van der Waals surface area contributed by atoms with E-state index in [0.29, 0.717) is 34.4 Å². The van der Waals surface area contributed by atoms with E-state index >= 15 is 0 Å². The lowest BCUT2D eigenvalue weighted by molar-refractivity contribution is -0.116. The van der Waals surface area contributed by atoms with Crippen LogP contribution in [0.2, 0.25) is 0 Å². The number of allylic oxidation sites excluding steroid dienone is 1. The first-order valence-corrected chi connectivity index (χ1v) is 8.59. The molecule has 0 saturated carbocycles. The van der Waals surface area contributed by atoms with Gasteiger partial charge in [-0.2, -0.15) is 0 Å². The van der Waals surface area contributed by atoms with Crippen LogP contribution in [0.3, 0.4) is 0 Å². The number of amides is 1. The molecule has 4 nitrogen and oxygen atoms in total. The van der Waals surface area contributed by atoms with Gasteiger partial charge in [-0.1, -0.05) is 56.2 Å². The largest absolute Gasteiger partial charge is 0.507 e. The molecule has 0 fully saturated rings. The van der Waals surface area contributed by atoms with Crippen molar-refractivity contribution in [2.24, 2.45) is 0 Å². The van der Waals surface area contributed by atoms with Crippen molar-refractivity contribution in [2.75, 3.05) is 5.32 Å². The van der Waals surface area contributed by atoms with E-state index in [2.05, 4.69) is 12.2 Å². The molecule has 0 radical (unpaired) electrons. The zero-order valence-corrected chi connectivity index (χ0v) is 14.2.